The van der Waals surface area contributed by atoms with Crippen molar-refractivity contribution in [3.05, 3.63) is 18.2 Å². The SMILES string of the molecule is CC[C@H](C)[C@H](NC(=O)[C@@H]1CCCN1C(=O)[C@H](Cc1cnc[nH]1)NC(=O)[C@@H](NC(=O)[C@@H](NC(=O)[C@@H](NC(=O)[C@H](CCCN=C(N)N)NC(=O)CNC)C(C)C)[C@@H](C)CC)[C@@H](C)CC)C(N)=O. The molecule has 1 aromatic heterocycles. The summed E-state index contributed by atoms with van der Waals surface area (Å²) in [5.41, 5.74) is 17.0. The highest BCUT2D eigenvalue weighted by atomic mass is 16.2. The minimum atomic E-state index is -1.19. The molecule has 0 radical (unpaired) electrons. The first kappa shape index (κ1) is 55.3. The van der Waals surface area contributed by atoms with E-state index in [9.17, 15) is 38.4 Å². The zero-order chi connectivity index (χ0) is 49.0. The Hall–Kier alpha value is -5.80. The molecule has 0 spiro atoms. The van der Waals surface area contributed by atoms with E-state index in [1.807, 2.05) is 20.8 Å². The van der Waals surface area contributed by atoms with Gasteiger partial charge in [-0.1, -0.05) is 74.7 Å². The summed E-state index contributed by atoms with van der Waals surface area (Å²) in [4.78, 5) is 121. The predicted octanol–water partition coefficient (Wildman–Crippen LogP) is -1.60. The first-order valence-corrected chi connectivity index (χ1v) is 22.8. The number of carbonyl (C=O) groups excluding carboxylic acids is 8. The van der Waals surface area contributed by atoms with Crippen molar-refractivity contribution in [2.45, 2.75) is 149 Å². The molecule has 8 amide bonds. The lowest BCUT2D eigenvalue weighted by Gasteiger charge is -2.33. The van der Waals surface area contributed by atoms with E-state index in [4.69, 9.17) is 17.2 Å². The molecule has 22 nitrogen and oxygen atoms in total. The van der Waals surface area contributed by atoms with Crippen LogP contribution in [0.1, 0.15) is 106 Å². The molecule has 1 saturated heterocycles. The first-order valence-electron chi connectivity index (χ1n) is 22.8. The molecule has 2 heterocycles. The number of nitrogens with one attached hydrogen (secondary N) is 8. The van der Waals surface area contributed by atoms with Crippen LogP contribution in [-0.2, 0) is 44.8 Å². The maximum atomic E-state index is 14.4. The zero-order valence-electron chi connectivity index (χ0n) is 39.6. The fraction of sp³-hybridized carbons (Fsp3) is 0.721. The van der Waals surface area contributed by atoms with Crippen LogP contribution in [0.5, 0.6) is 0 Å². The minimum Gasteiger partial charge on any atom is -0.370 e. The van der Waals surface area contributed by atoms with Crippen molar-refractivity contribution in [3.8, 4) is 0 Å². The number of aliphatic imine (C=N–C) groups is 1. The number of hydrogen-bond donors (Lipinski definition) is 11. The monoisotopic (exact) mass is 917 g/mol. The van der Waals surface area contributed by atoms with Gasteiger partial charge in [-0.2, -0.15) is 0 Å². The van der Waals surface area contributed by atoms with Crippen LogP contribution in [0.15, 0.2) is 17.5 Å². The van der Waals surface area contributed by atoms with Gasteiger partial charge in [0.2, 0.25) is 47.3 Å². The quantitative estimate of drug-likeness (QED) is 0.0258. The normalized spacial score (nSPS) is 17.8. The number of amides is 8. The van der Waals surface area contributed by atoms with Crippen LogP contribution in [0.25, 0.3) is 0 Å². The van der Waals surface area contributed by atoms with Crippen LogP contribution in [-0.4, -0.2) is 137 Å². The van der Waals surface area contributed by atoms with Crippen molar-refractivity contribution >= 4 is 53.2 Å². The molecule has 0 aromatic carbocycles. The molecule has 22 heteroatoms. The lowest BCUT2D eigenvalue weighted by molar-refractivity contribution is -0.143. The number of aromatic amines is 1. The number of rotatable bonds is 28. The van der Waals surface area contributed by atoms with Crippen LogP contribution >= 0.6 is 0 Å². The summed E-state index contributed by atoms with van der Waals surface area (Å²) >= 11 is 0. The average Bonchev–Trinajstić information content (AvgIpc) is 3.98. The molecule has 0 unspecified atom stereocenters. The lowest BCUT2D eigenvalue weighted by atomic mass is 9.93. The number of nitrogens with zero attached hydrogens (tertiary/aromatic N) is 3. The Morgan fingerprint density at radius 3 is 1.82 bits per heavy atom. The zero-order valence-corrected chi connectivity index (χ0v) is 39.6. The van der Waals surface area contributed by atoms with Gasteiger partial charge in [-0.3, -0.25) is 43.3 Å². The Morgan fingerprint density at radius 2 is 1.31 bits per heavy atom. The van der Waals surface area contributed by atoms with Gasteiger partial charge in [0.25, 0.3) is 0 Å². The van der Waals surface area contributed by atoms with Gasteiger partial charge < -0.3 is 64.3 Å². The number of likely N-dealkylation sites (tertiary alicyclic amines) is 1. The smallest absolute Gasteiger partial charge is 0.246 e. The minimum absolute atomic E-state index is 0.0163. The molecule has 14 N–H and O–H groups in total. The van der Waals surface area contributed by atoms with E-state index in [2.05, 4.69) is 52.2 Å². The molecule has 1 fully saturated rings. The number of hydrogen-bond acceptors (Lipinski definition) is 11. The molecule has 1 aliphatic heterocycles. The third-order valence-corrected chi connectivity index (χ3v) is 12.0. The van der Waals surface area contributed by atoms with Gasteiger partial charge in [-0.05, 0) is 56.4 Å². The second-order valence-electron chi connectivity index (χ2n) is 17.4. The van der Waals surface area contributed by atoms with Gasteiger partial charge in [0, 0.05) is 31.4 Å². The highest BCUT2D eigenvalue weighted by Gasteiger charge is 2.41. The van der Waals surface area contributed by atoms with Gasteiger partial charge in [0.05, 0.1) is 12.9 Å². The number of carbonyl (C=O) groups is 8. The van der Waals surface area contributed by atoms with Crippen molar-refractivity contribution in [2.75, 3.05) is 26.7 Å². The number of likely N-dealkylation sites (N-methyl/N-ethyl adjacent to an activating group) is 1. The van der Waals surface area contributed by atoms with Crippen LogP contribution in [0.3, 0.4) is 0 Å². The molecule has 0 aliphatic carbocycles. The summed E-state index contributed by atoms with van der Waals surface area (Å²) in [7, 11) is 1.58. The second kappa shape index (κ2) is 27.5. The van der Waals surface area contributed by atoms with Crippen molar-refractivity contribution in [1.29, 1.82) is 0 Å². The van der Waals surface area contributed by atoms with Gasteiger partial charge in [0.15, 0.2) is 5.96 Å². The standard InChI is InChI=1S/C43H76N14O8/c1-10-24(6)33(36(44)59)54-38(61)30-16-14-18-57(30)42(65)29(19-27-20-48-22-50-27)52-40(63)34(25(7)11-2)56-41(64)35(26(8)12-3)55-39(62)32(23(4)5)53-37(60)28(51-31(58)21-47-9)15-13-17-49-43(45)46/h20,22-26,28-30,32-35,47H,10-19,21H2,1-9H3,(H2,44,59)(H,48,50)(H,51,58)(H,52,63)(H,53,60)(H,54,61)(H,55,62)(H,56,64)(H4,45,46,49)/t24-,25-,26-,28-,29-,30-,32-,33-,34-,35-/m0/s1. The summed E-state index contributed by atoms with van der Waals surface area (Å²) in [6, 6.07) is -7.51. The second-order valence-corrected chi connectivity index (χ2v) is 17.4. The Morgan fingerprint density at radius 1 is 0.754 bits per heavy atom. The third kappa shape index (κ3) is 17.3. The van der Waals surface area contributed by atoms with Crippen LogP contribution in [0, 0.1) is 23.7 Å². The predicted molar refractivity (Wildman–Crippen MR) is 245 cm³/mol. The largest absolute Gasteiger partial charge is 0.370 e. The fourth-order valence-electron chi connectivity index (χ4n) is 7.42. The summed E-state index contributed by atoms with van der Waals surface area (Å²) in [5.74, 6) is -6.47. The Labute approximate surface area is 382 Å². The van der Waals surface area contributed by atoms with Crippen molar-refractivity contribution < 1.29 is 38.4 Å². The van der Waals surface area contributed by atoms with E-state index < -0.39 is 107 Å². The highest BCUT2D eigenvalue weighted by Crippen LogP contribution is 2.21. The van der Waals surface area contributed by atoms with Gasteiger partial charge in [-0.15, -0.1) is 0 Å². The lowest BCUT2D eigenvalue weighted by Crippen LogP contribution is -2.62. The van der Waals surface area contributed by atoms with Crippen LogP contribution < -0.4 is 54.4 Å². The van der Waals surface area contributed by atoms with E-state index in [0.717, 1.165) is 0 Å². The maximum Gasteiger partial charge on any atom is 0.246 e. The van der Waals surface area contributed by atoms with Gasteiger partial charge in [0.1, 0.15) is 42.3 Å². The highest BCUT2D eigenvalue weighted by molar-refractivity contribution is 5.98. The summed E-state index contributed by atoms with van der Waals surface area (Å²) < 4.78 is 0. The van der Waals surface area contributed by atoms with Crippen LogP contribution in [0.2, 0.25) is 0 Å². The van der Waals surface area contributed by atoms with E-state index in [0.29, 0.717) is 44.2 Å². The van der Waals surface area contributed by atoms with E-state index in [1.165, 1.54) is 17.4 Å². The van der Waals surface area contributed by atoms with Crippen LogP contribution in [0.4, 0.5) is 0 Å². The number of guanidine groups is 1. The number of H-pyrrole nitrogens is 1. The topological polar surface area (TPSA) is 343 Å². The molecule has 2 rings (SSSR count). The summed E-state index contributed by atoms with van der Waals surface area (Å²) in [6.07, 6.45) is 5.76. The molecular formula is C43H76N14O8. The number of imidazole rings is 1. The third-order valence-electron chi connectivity index (χ3n) is 12.0. The average molecular weight is 917 g/mol. The summed E-state index contributed by atoms with van der Waals surface area (Å²) in [5, 5.41) is 19.4. The Balaban J connectivity index is 2.37. The summed E-state index contributed by atoms with van der Waals surface area (Å²) in [6.45, 7) is 14.7. The van der Waals surface area contributed by atoms with Crippen molar-refractivity contribution in [2.24, 2.45) is 45.9 Å². The van der Waals surface area contributed by atoms with Crippen molar-refractivity contribution in [3.63, 3.8) is 0 Å². The first-order chi connectivity index (χ1) is 30.7. The van der Waals surface area contributed by atoms with E-state index in [-0.39, 0.29) is 44.4 Å². The Bertz CT molecular complexity index is 1770. The number of aromatic nitrogens is 2. The van der Waals surface area contributed by atoms with Gasteiger partial charge >= 0.3 is 0 Å². The molecule has 1 aliphatic rings. The Kier molecular flexibility index (Phi) is 23.4. The molecule has 1 aromatic rings. The molecule has 0 saturated carbocycles. The molecular weight excluding hydrogens is 841 g/mol. The molecule has 10 atom stereocenters. The van der Waals surface area contributed by atoms with E-state index in [1.54, 1.807) is 41.7 Å². The molecule has 366 valence electrons. The molecule has 65 heavy (non-hydrogen) atoms. The molecule has 0 bridgehead atoms. The van der Waals surface area contributed by atoms with Gasteiger partial charge in [-0.25, -0.2) is 4.98 Å². The fourth-order valence-corrected chi connectivity index (χ4v) is 7.42. The van der Waals surface area contributed by atoms with E-state index >= 15 is 0 Å². The van der Waals surface area contributed by atoms with Crippen molar-refractivity contribution in [1.82, 2.24) is 52.1 Å². The number of primary amides is 1. The number of nitrogens with two attached hydrogens (primary N) is 3. The maximum absolute atomic E-state index is 14.4.